The number of para-hydroxylation sites is 1. The monoisotopic (exact) mass is 225 g/mol. The van der Waals surface area contributed by atoms with Crippen LogP contribution >= 0.6 is 0 Å². The highest BCUT2D eigenvalue weighted by atomic mass is 19.1. The molecule has 0 radical (unpaired) electrons. The number of alkyl halides is 1. The van der Waals surface area contributed by atoms with Gasteiger partial charge in [-0.05, 0) is 19.5 Å². The summed E-state index contributed by atoms with van der Waals surface area (Å²) in [6, 6.07) is 8.16. The zero-order chi connectivity index (χ0) is 11.8. The van der Waals surface area contributed by atoms with Gasteiger partial charge in [0.15, 0.2) is 0 Å². The van der Waals surface area contributed by atoms with E-state index in [0.717, 1.165) is 17.9 Å². The lowest BCUT2D eigenvalue weighted by Crippen LogP contribution is -2.18. The van der Waals surface area contributed by atoms with Gasteiger partial charge < -0.3 is 10.1 Å². The molecular formula is C13H20FNO. The predicted molar refractivity (Wildman–Crippen MR) is 64.6 cm³/mol. The number of benzene rings is 1. The molecule has 2 nitrogen and oxygen atoms in total. The van der Waals surface area contributed by atoms with Gasteiger partial charge in [-0.3, -0.25) is 4.39 Å². The molecule has 0 saturated heterocycles. The van der Waals surface area contributed by atoms with Crippen molar-refractivity contribution in [3.05, 3.63) is 29.8 Å². The van der Waals surface area contributed by atoms with E-state index in [4.69, 9.17) is 4.74 Å². The first-order valence-electron chi connectivity index (χ1n) is 5.80. The fourth-order valence-electron chi connectivity index (χ4n) is 1.62. The molecule has 0 fully saturated rings. The summed E-state index contributed by atoms with van der Waals surface area (Å²) in [5.41, 5.74) is 1.13. The Morgan fingerprint density at radius 3 is 2.81 bits per heavy atom. The molecule has 16 heavy (non-hydrogen) atoms. The molecule has 90 valence electrons. The number of nitrogens with one attached hydrogen (secondary N) is 1. The van der Waals surface area contributed by atoms with Crippen LogP contribution in [0.25, 0.3) is 0 Å². The van der Waals surface area contributed by atoms with E-state index in [-0.39, 0.29) is 12.7 Å². The number of halogens is 1. The van der Waals surface area contributed by atoms with Gasteiger partial charge in [-0.25, -0.2) is 0 Å². The largest absolute Gasteiger partial charge is 0.493 e. The van der Waals surface area contributed by atoms with Crippen LogP contribution in [0.3, 0.4) is 0 Å². The van der Waals surface area contributed by atoms with Crippen LogP contribution in [-0.4, -0.2) is 19.8 Å². The van der Waals surface area contributed by atoms with E-state index in [0.29, 0.717) is 13.0 Å². The lowest BCUT2D eigenvalue weighted by Gasteiger charge is -2.17. The quantitative estimate of drug-likeness (QED) is 0.720. The number of hydrogen-bond acceptors (Lipinski definition) is 2. The second kappa shape index (κ2) is 7.23. The van der Waals surface area contributed by atoms with Gasteiger partial charge in [-0.1, -0.05) is 25.1 Å². The van der Waals surface area contributed by atoms with Crippen LogP contribution in [0.5, 0.6) is 5.75 Å². The zero-order valence-corrected chi connectivity index (χ0v) is 10.0. The summed E-state index contributed by atoms with van der Waals surface area (Å²) in [5.74, 6) is 0.851. The average Bonchev–Trinajstić information content (AvgIpc) is 2.30. The third kappa shape index (κ3) is 3.81. The molecule has 0 aliphatic carbocycles. The molecule has 1 atom stereocenters. The van der Waals surface area contributed by atoms with Crippen LogP contribution in [0.4, 0.5) is 4.39 Å². The molecule has 0 aliphatic heterocycles. The van der Waals surface area contributed by atoms with Gasteiger partial charge in [-0.15, -0.1) is 0 Å². The highest BCUT2D eigenvalue weighted by Gasteiger charge is 2.09. The molecule has 1 aromatic carbocycles. The minimum Gasteiger partial charge on any atom is -0.493 e. The average molecular weight is 225 g/mol. The first kappa shape index (κ1) is 13.0. The van der Waals surface area contributed by atoms with Crippen molar-refractivity contribution in [3.63, 3.8) is 0 Å². The molecule has 0 saturated carbocycles. The summed E-state index contributed by atoms with van der Waals surface area (Å²) in [5, 5.41) is 3.34. The topological polar surface area (TPSA) is 21.3 Å². The van der Waals surface area contributed by atoms with Crippen LogP contribution in [0, 0.1) is 0 Å². The van der Waals surface area contributed by atoms with Gasteiger partial charge in [0.25, 0.3) is 0 Å². The van der Waals surface area contributed by atoms with Gasteiger partial charge >= 0.3 is 0 Å². The Hall–Kier alpha value is -1.09. The molecule has 0 aliphatic rings. The van der Waals surface area contributed by atoms with E-state index in [1.165, 1.54) is 0 Å². The fourth-order valence-corrected chi connectivity index (χ4v) is 1.62. The summed E-state index contributed by atoms with van der Waals surface area (Å²) in [7, 11) is 0. The number of rotatable bonds is 7. The Labute approximate surface area is 96.8 Å². The normalized spacial score (nSPS) is 12.4. The van der Waals surface area contributed by atoms with Crippen LogP contribution in [0.15, 0.2) is 24.3 Å². The van der Waals surface area contributed by atoms with Crippen molar-refractivity contribution in [3.8, 4) is 5.75 Å². The standard InChI is InChI=1S/C13H20FNO/c1-3-15-11(2)12-7-4-5-8-13(12)16-10-6-9-14/h4-5,7-8,11,15H,3,6,9-10H2,1-2H3. The lowest BCUT2D eigenvalue weighted by molar-refractivity contribution is 0.285. The summed E-state index contributed by atoms with van der Waals surface area (Å²) in [4.78, 5) is 0. The first-order valence-corrected chi connectivity index (χ1v) is 5.80. The van der Waals surface area contributed by atoms with Crippen molar-refractivity contribution in [1.82, 2.24) is 5.32 Å². The van der Waals surface area contributed by atoms with Crippen molar-refractivity contribution < 1.29 is 9.13 Å². The maximum absolute atomic E-state index is 12.0. The van der Waals surface area contributed by atoms with Crippen molar-refractivity contribution >= 4 is 0 Å². The number of ether oxygens (including phenoxy) is 1. The van der Waals surface area contributed by atoms with Crippen molar-refractivity contribution in [1.29, 1.82) is 0 Å². The van der Waals surface area contributed by atoms with Crippen molar-refractivity contribution in [2.45, 2.75) is 26.3 Å². The summed E-state index contributed by atoms with van der Waals surface area (Å²) in [6.07, 6.45) is 0.448. The maximum Gasteiger partial charge on any atom is 0.124 e. The molecule has 0 spiro atoms. The molecule has 0 heterocycles. The Kier molecular flexibility index (Phi) is 5.86. The van der Waals surface area contributed by atoms with Gasteiger partial charge in [0.05, 0.1) is 13.3 Å². The SMILES string of the molecule is CCNC(C)c1ccccc1OCCCF. The number of hydrogen-bond donors (Lipinski definition) is 1. The van der Waals surface area contributed by atoms with E-state index >= 15 is 0 Å². The highest BCUT2D eigenvalue weighted by Crippen LogP contribution is 2.24. The minimum absolute atomic E-state index is 0.256. The Bertz CT molecular complexity index is 304. The molecular weight excluding hydrogens is 205 g/mol. The van der Waals surface area contributed by atoms with E-state index in [2.05, 4.69) is 19.2 Å². The van der Waals surface area contributed by atoms with Crippen molar-refractivity contribution in [2.24, 2.45) is 0 Å². The minimum atomic E-state index is -0.328. The van der Waals surface area contributed by atoms with Crippen molar-refractivity contribution in [2.75, 3.05) is 19.8 Å². The maximum atomic E-state index is 12.0. The van der Waals surface area contributed by atoms with E-state index in [1.807, 2.05) is 24.3 Å². The summed E-state index contributed by atoms with van der Waals surface area (Å²) < 4.78 is 17.5. The molecule has 1 aromatic rings. The third-order valence-electron chi connectivity index (χ3n) is 2.43. The fraction of sp³-hybridized carbons (Fsp3) is 0.538. The second-order valence-corrected chi connectivity index (χ2v) is 3.71. The molecule has 3 heteroatoms. The first-order chi connectivity index (χ1) is 7.79. The zero-order valence-electron chi connectivity index (χ0n) is 10.0. The summed E-state index contributed by atoms with van der Waals surface area (Å²) in [6.45, 7) is 5.20. The second-order valence-electron chi connectivity index (χ2n) is 3.71. The Morgan fingerprint density at radius 1 is 1.38 bits per heavy atom. The molecule has 1 rings (SSSR count). The van der Waals surface area contributed by atoms with Crippen LogP contribution in [0.1, 0.15) is 31.9 Å². The molecule has 0 amide bonds. The van der Waals surface area contributed by atoms with Crippen LogP contribution < -0.4 is 10.1 Å². The van der Waals surface area contributed by atoms with Crippen LogP contribution in [0.2, 0.25) is 0 Å². The van der Waals surface area contributed by atoms with E-state index < -0.39 is 0 Å². The van der Waals surface area contributed by atoms with E-state index in [9.17, 15) is 4.39 Å². The van der Waals surface area contributed by atoms with Gasteiger partial charge in [0, 0.05) is 18.0 Å². The lowest BCUT2D eigenvalue weighted by atomic mass is 10.1. The van der Waals surface area contributed by atoms with E-state index in [1.54, 1.807) is 0 Å². The molecule has 0 aromatic heterocycles. The Morgan fingerprint density at radius 2 is 2.12 bits per heavy atom. The van der Waals surface area contributed by atoms with Gasteiger partial charge in [0.2, 0.25) is 0 Å². The van der Waals surface area contributed by atoms with Crippen LogP contribution in [-0.2, 0) is 0 Å². The molecule has 0 bridgehead atoms. The summed E-state index contributed by atoms with van der Waals surface area (Å²) >= 11 is 0. The molecule has 1 unspecified atom stereocenters. The Balaban J connectivity index is 2.67. The van der Waals surface area contributed by atoms with Gasteiger partial charge in [-0.2, -0.15) is 0 Å². The third-order valence-corrected chi connectivity index (χ3v) is 2.43. The predicted octanol–water partition coefficient (Wildman–Crippen LogP) is 3.10. The highest BCUT2D eigenvalue weighted by molar-refractivity contribution is 5.35. The smallest absolute Gasteiger partial charge is 0.124 e. The van der Waals surface area contributed by atoms with Gasteiger partial charge in [0.1, 0.15) is 5.75 Å². The molecule has 1 N–H and O–H groups in total.